The van der Waals surface area contributed by atoms with Gasteiger partial charge in [-0.1, -0.05) is 6.07 Å². The van der Waals surface area contributed by atoms with Gasteiger partial charge in [-0.05, 0) is 25.3 Å². The van der Waals surface area contributed by atoms with Crippen LogP contribution < -0.4 is 5.56 Å². The number of nitrogens with zero attached hydrogens (tertiary/aromatic N) is 5. The molecule has 3 aliphatic heterocycles. The van der Waals surface area contributed by atoms with Gasteiger partial charge < -0.3 is 14.2 Å². The van der Waals surface area contributed by atoms with E-state index in [4.69, 9.17) is 4.74 Å². The third kappa shape index (κ3) is 3.79. The van der Waals surface area contributed by atoms with Crippen molar-refractivity contribution >= 4 is 5.91 Å². The number of aromatic nitrogens is 4. The van der Waals surface area contributed by atoms with Crippen molar-refractivity contribution in [1.82, 2.24) is 29.5 Å². The minimum atomic E-state index is 0.0587. The molecule has 0 saturated carbocycles. The van der Waals surface area contributed by atoms with E-state index < -0.39 is 0 Å². The largest absolute Gasteiger partial charge is 0.379 e. The first-order valence-electron chi connectivity index (χ1n) is 10.7. The Bertz CT molecular complexity index is 993. The highest BCUT2D eigenvalue weighted by molar-refractivity contribution is 5.78. The Morgan fingerprint density at radius 3 is 2.83 bits per heavy atom. The lowest BCUT2D eigenvalue weighted by Gasteiger charge is -2.43. The van der Waals surface area contributed by atoms with Gasteiger partial charge in [0.05, 0.1) is 19.6 Å². The third-order valence-electron chi connectivity index (χ3n) is 6.49. The lowest BCUT2D eigenvalue weighted by atomic mass is 9.83. The average Bonchev–Trinajstić information content (AvgIpc) is 3.15. The smallest absolute Gasteiger partial charge is 0.255 e. The summed E-state index contributed by atoms with van der Waals surface area (Å²) in [5.41, 5.74) is 2.05. The van der Waals surface area contributed by atoms with Crippen molar-refractivity contribution in [3.8, 4) is 0 Å². The second-order valence-electron chi connectivity index (χ2n) is 8.70. The number of pyridine rings is 1. The topological polar surface area (TPSA) is 96.3 Å². The molecule has 9 nitrogen and oxygen atoms in total. The Morgan fingerprint density at radius 2 is 2.07 bits per heavy atom. The van der Waals surface area contributed by atoms with Crippen LogP contribution in [0.1, 0.15) is 35.2 Å². The summed E-state index contributed by atoms with van der Waals surface area (Å²) in [4.78, 5) is 34.5. The zero-order valence-corrected chi connectivity index (χ0v) is 17.3. The summed E-state index contributed by atoms with van der Waals surface area (Å²) in [6, 6.07) is 4.09. The number of hydrogen-bond donors (Lipinski definition) is 1. The van der Waals surface area contributed by atoms with Crippen LogP contribution in [0.4, 0.5) is 0 Å². The van der Waals surface area contributed by atoms with Crippen molar-refractivity contribution in [3.63, 3.8) is 0 Å². The van der Waals surface area contributed by atoms with Crippen LogP contribution in [-0.2, 0) is 29.0 Å². The molecule has 2 aromatic heterocycles. The zero-order valence-electron chi connectivity index (χ0n) is 17.3. The van der Waals surface area contributed by atoms with Gasteiger partial charge >= 0.3 is 0 Å². The number of hydrogen-bond acceptors (Lipinski definition) is 6. The summed E-state index contributed by atoms with van der Waals surface area (Å²) in [6.45, 7) is 7.74. The molecule has 1 amide bonds. The first-order valence-corrected chi connectivity index (χ1v) is 10.7. The van der Waals surface area contributed by atoms with Crippen LogP contribution >= 0.6 is 0 Å². The zero-order chi connectivity index (χ0) is 20.7. The summed E-state index contributed by atoms with van der Waals surface area (Å²) in [5.74, 6) is 1.83. The standard InChI is InChI=1S/C21H28N6O3/c1-14-22-19(24-23-14)9-20(28)26-10-15-8-17(13-26)18-3-2-16(21(29)27(18)11-15)12-25-4-6-30-7-5-25/h2-3,15,17H,4-13H2,1H3,(H,22,23,24)/t15-,17+/m0/s1. The van der Waals surface area contributed by atoms with Crippen LogP contribution in [0.25, 0.3) is 0 Å². The molecule has 30 heavy (non-hydrogen) atoms. The van der Waals surface area contributed by atoms with Crippen molar-refractivity contribution in [2.75, 3.05) is 39.4 Å². The highest BCUT2D eigenvalue weighted by Crippen LogP contribution is 2.35. The van der Waals surface area contributed by atoms with E-state index in [9.17, 15) is 9.59 Å². The van der Waals surface area contributed by atoms with Crippen LogP contribution in [0.5, 0.6) is 0 Å². The Labute approximate surface area is 175 Å². The van der Waals surface area contributed by atoms with Gasteiger partial charge in [0, 0.05) is 56.4 Å². The number of H-pyrrole nitrogens is 1. The number of nitrogens with one attached hydrogen (secondary N) is 1. The van der Waals surface area contributed by atoms with Crippen molar-refractivity contribution in [2.24, 2.45) is 5.92 Å². The number of rotatable bonds is 4. The molecule has 0 unspecified atom stereocenters. The van der Waals surface area contributed by atoms with Gasteiger partial charge in [-0.3, -0.25) is 19.6 Å². The van der Waals surface area contributed by atoms with Gasteiger partial charge in [-0.25, -0.2) is 4.98 Å². The van der Waals surface area contributed by atoms with E-state index >= 15 is 0 Å². The van der Waals surface area contributed by atoms with Gasteiger partial charge in [0.2, 0.25) is 5.91 Å². The van der Waals surface area contributed by atoms with Crippen LogP contribution in [0, 0.1) is 12.8 Å². The van der Waals surface area contributed by atoms with Crippen molar-refractivity contribution < 1.29 is 9.53 Å². The number of ether oxygens (including phenoxy) is 1. The number of aromatic amines is 1. The van der Waals surface area contributed by atoms with E-state index in [1.807, 2.05) is 22.5 Å². The Balaban J connectivity index is 1.32. The molecular formula is C21H28N6O3. The number of piperidine rings is 1. The predicted molar refractivity (Wildman–Crippen MR) is 109 cm³/mol. The van der Waals surface area contributed by atoms with Gasteiger partial charge in [-0.2, -0.15) is 5.10 Å². The Kier molecular flexibility index (Phi) is 5.16. The third-order valence-corrected chi connectivity index (χ3v) is 6.49. The van der Waals surface area contributed by atoms with E-state index in [2.05, 4.69) is 26.1 Å². The molecule has 2 atom stereocenters. The summed E-state index contributed by atoms with van der Waals surface area (Å²) >= 11 is 0. The second kappa shape index (κ2) is 7.96. The molecule has 9 heteroatoms. The van der Waals surface area contributed by atoms with Crippen LogP contribution in [0.3, 0.4) is 0 Å². The highest BCUT2D eigenvalue weighted by atomic mass is 16.5. The summed E-state index contributed by atoms with van der Waals surface area (Å²) in [7, 11) is 0. The molecule has 5 heterocycles. The number of fused-ring (bicyclic) bond motifs is 4. The fourth-order valence-electron chi connectivity index (χ4n) is 5.03. The fourth-order valence-corrected chi connectivity index (χ4v) is 5.03. The second-order valence-corrected chi connectivity index (χ2v) is 8.70. The summed E-state index contributed by atoms with van der Waals surface area (Å²) in [6.07, 6.45) is 1.25. The van der Waals surface area contributed by atoms with E-state index in [1.54, 1.807) is 0 Å². The first kappa shape index (κ1) is 19.4. The molecule has 2 saturated heterocycles. The molecule has 3 aliphatic rings. The van der Waals surface area contributed by atoms with Crippen molar-refractivity contribution in [2.45, 2.75) is 38.8 Å². The van der Waals surface area contributed by atoms with E-state index in [1.165, 1.54) is 0 Å². The Hall–Kier alpha value is -2.52. The fraction of sp³-hybridized carbons (Fsp3) is 0.619. The number of carbonyl (C=O) groups is 1. The maximum atomic E-state index is 13.2. The minimum absolute atomic E-state index is 0.0587. The molecule has 0 radical (unpaired) electrons. The molecule has 0 spiro atoms. The van der Waals surface area contributed by atoms with Crippen molar-refractivity contribution in [3.05, 3.63) is 45.4 Å². The van der Waals surface area contributed by atoms with Crippen LogP contribution in [0.15, 0.2) is 16.9 Å². The molecule has 2 fully saturated rings. The molecule has 160 valence electrons. The normalized spacial score (nSPS) is 24.0. The molecule has 5 rings (SSSR count). The average molecular weight is 412 g/mol. The number of likely N-dealkylation sites (tertiary alicyclic amines) is 1. The number of aryl methyl sites for hydroxylation is 1. The van der Waals surface area contributed by atoms with Gasteiger partial charge in [0.25, 0.3) is 5.56 Å². The summed E-state index contributed by atoms with van der Waals surface area (Å²) < 4.78 is 7.38. The molecular weight excluding hydrogens is 384 g/mol. The molecule has 2 bridgehead atoms. The van der Waals surface area contributed by atoms with E-state index in [-0.39, 0.29) is 23.8 Å². The predicted octanol–water partition coefficient (Wildman–Crippen LogP) is 0.295. The summed E-state index contributed by atoms with van der Waals surface area (Å²) in [5, 5.41) is 6.88. The Morgan fingerprint density at radius 1 is 1.23 bits per heavy atom. The highest BCUT2D eigenvalue weighted by Gasteiger charge is 2.36. The monoisotopic (exact) mass is 412 g/mol. The van der Waals surface area contributed by atoms with Crippen molar-refractivity contribution in [1.29, 1.82) is 0 Å². The van der Waals surface area contributed by atoms with E-state index in [0.717, 1.165) is 49.8 Å². The quantitative estimate of drug-likeness (QED) is 0.776. The van der Waals surface area contributed by atoms with Crippen LogP contribution in [-0.4, -0.2) is 74.8 Å². The lowest BCUT2D eigenvalue weighted by molar-refractivity contribution is -0.133. The molecule has 0 aromatic carbocycles. The lowest BCUT2D eigenvalue weighted by Crippen LogP contribution is -2.50. The number of morpholine rings is 1. The first-order chi connectivity index (χ1) is 14.6. The van der Waals surface area contributed by atoms with E-state index in [0.29, 0.717) is 37.9 Å². The molecule has 1 N–H and O–H groups in total. The molecule has 2 aromatic rings. The van der Waals surface area contributed by atoms with Gasteiger partial charge in [-0.15, -0.1) is 0 Å². The molecule has 0 aliphatic carbocycles. The van der Waals surface area contributed by atoms with Crippen LogP contribution in [0.2, 0.25) is 0 Å². The number of carbonyl (C=O) groups excluding carboxylic acids is 1. The van der Waals surface area contributed by atoms with Gasteiger partial charge in [0.15, 0.2) is 5.82 Å². The van der Waals surface area contributed by atoms with Gasteiger partial charge in [0.1, 0.15) is 5.82 Å². The SMILES string of the molecule is Cc1nc(CC(=O)N2C[C@@H]3C[C@H](C2)c2ccc(CN4CCOCC4)c(=O)n2C3)n[nH]1. The maximum Gasteiger partial charge on any atom is 0.255 e. The number of amides is 1. The maximum absolute atomic E-state index is 13.2. The minimum Gasteiger partial charge on any atom is -0.379 e.